The lowest BCUT2D eigenvalue weighted by Crippen LogP contribution is -2.18. The summed E-state index contributed by atoms with van der Waals surface area (Å²) in [5.74, 6) is -0.555. The minimum atomic E-state index is -0.359. The second-order valence-corrected chi connectivity index (χ2v) is 7.75. The molecule has 6 nitrogen and oxygen atoms in total. The second-order valence-electron chi connectivity index (χ2n) is 7.75. The normalized spacial score (nSPS) is 11.1. The summed E-state index contributed by atoms with van der Waals surface area (Å²) in [5, 5.41) is 7.97. The molecule has 0 unspecified atom stereocenters. The minimum Gasteiger partial charge on any atom is -0.354 e. The van der Waals surface area contributed by atoms with E-state index in [0.717, 1.165) is 38.9 Å². The average Bonchev–Trinajstić information content (AvgIpc) is 3.13. The van der Waals surface area contributed by atoms with Gasteiger partial charge in [-0.15, -0.1) is 0 Å². The lowest BCUT2D eigenvalue weighted by atomic mass is 10.0. The number of carbonyl (C=O) groups is 2. The highest BCUT2D eigenvalue weighted by molar-refractivity contribution is 6.07. The van der Waals surface area contributed by atoms with Crippen molar-refractivity contribution in [3.8, 4) is 11.3 Å². The van der Waals surface area contributed by atoms with Gasteiger partial charge in [0.15, 0.2) is 0 Å². The second kappa shape index (κ2) is 8.89. The number of nitrogens with one attached hydrogen (secondary N) is 3. The third-order valence-corrected chi connectivity index (χ3v) is 5.16. The van der Waals surface area contributed by atoms with Gasteiger partial charge in [0.2, 0.25) is 5.91 Å². The summed E-state index contributed by atoms with van der Waals surface area (Å²) >= 11 is 0. The van der Waals surface area contributed by atoms with Gasteiger partial charge in [-0.3, -0.25) is 9.59 Å². The molecule has 3 aromatic carbocycles. The number of fused-ring (bicyclic) bond motifs is 1. The summed E-state index contributed by atoms with van der Waals surface area (Å²) in [6.07, 6.45) is 1.68. The van der Waals surface area contributed by atoms with Crippen LogP contribution in [0.2, 0.25) is 0 Å². The molecular formula is C26H24N4O2. The Bertz CT molecular complexity index is 1340. The molecule has 4 aromatic rings. The molecule has 0 aliphatic heterocycles. The fraction of sp³-hybridized carbons (Fsp3) is 0.115. The van der Waals surface area contributed by atoms with Crippen LogP contribution in [0, 0.1) is 13.8 Å². The summed E-state index contributed by atoms with van der Waals surface area (Å²) < 4.78 is 0. The van der Waals surface area contributed by atoms with Crippen LogP contribution in [0.4, 0.5) is 5.69 Å². The number of rotatable bonds is 5. The van der Waals surface area contributed by atoms with E-state index in [1.165, 1.54) is 6.92 Å². The van der Waals surface area contributed by atoms with Gasteiger partial charge >= 0.3 is 0 Å². The number of aryl methyl sites for hydroxylation is 2. The van der Waals surface area contributed by atoms with Crippen LogP contribution >= 0.6 is 0 Å². The van der Waals surface area contributed by atoms with Crippen molar-refractivity contribution in [2.24, 2.45) is 5.10 Å². The van der Waals surface area contributed by atoms with E-state index < -0.39 is 0 Å². The summed E-state index contributed by atoms with van der Waals surface area (Å²) in [5.41, 5.74) is 9.80. The molecule has 160 valence electrons. The zero-order chi connectivity index (χ0) is 22.7. The van der Waals surface area contributed by atoms with Crippen LogP contribution < -0.4 is 10.7 Å². The van der Waals surface area contributed by atoms with Gasteiger partial charge in [0, 0.05) is 34.6 Å². The van der Waals surface area contributed by atoms with Crippen LogP contribution in [0.3, 0.4) is 0 Å². The molecule has 0 bridgehead atoms. The van der Waals surface area contributed by atoms with E-state index in [0.29, 0.717) is 11.3 Å². The number of aromatic nitrogens is 1. The SMILES string of the molecule is CC(=O)Nc1cccc(C(=O)NN=Cc2c(-c3ccccc3)[nH]c3c(C)cc(C)cc23)c1. The highest BCUT2D eigenvalue weighted by Crippen LogP contribution is 2.31. The predicted octanol–water partition coefficient (Wildman–Crippen LogP) is 5.17. The van der Waals surface area contributed by atoms with Crippen LogP contribution in [0.5, 0.6) is 0 Å². The van der Waals surface area contributed by atoms with Gasteiger partial charge in [-0.05, 0) is 49.2 Å². The summed E-state index contributed by atoms with van der Waals surface area (Å²) in [4.78, 5) is 27.4. The Morgan fingerprint density at radius 1 is 0.969 bits per heavy atom. The molecule has 4 rings (SSSR count). The maximum Gasteiger partial charge on any atom is 0.271 e. The highest BCUT2D eigenvalue weighted by atomic mass is 16.2. The van der Waals surface area contributed by atoms with Crippen LogP contribution in [0.15, 0.2) is 71.8 Å². The van der Waals surface area contributed by atoms with E-state index in [-0.39, 0.29) is 11.8 Å². The van der Waals surface area contributed by atoms with E-state index >= 15 is 0 Å². The molecule has 0 atom stereocenters. The summed E-state index contributed by atoms with van der Waals surface area (Å²) in [7, 11) is 0. The first kappa shape index (κ1) is 21.1. The first-order valence-electron chi connectivity index (χ1n) is 10.3. The minimum absolute atomic E-state index is 0.195. The standard InChI is InChI=1S/C26H24N4O2/c1-16-12-17(2)24-22(13-16)23(25(29-24)19-8-5-4-6-9-19)15-27-30-26(32)20-10-7-11-21(14-20)28-18(3)31/h4-15,29H,1-3H3,(H,28,31)(H,30,32). The number of hydrogen-bond acceptors (Lipinski definition) is 3. The molecule has 0 saturated heterocycles. The van der Waals surface area contributed by atoms with Crippen molar-refractivity contribution < 1.29 is 9.59 Å². The Morgan fingerprint density at radius 2 is 1.75 bits per heavy atom. The Morgan fingerprint density at radius 3 is 2.50 bits per heavy atom. The van der Waals surface area contributed by atoms with Crippen LogP contribution in [0.1, 0.15) is 34.0 Å². The molecular weight excluding hydrogens is 400 g/mol. The monoisotopic (exact) mass is 424 g/mol. The zero-order valence-corrected chi connectivity index (χ0v) is 18.2. The summed E-state index contributed by atoms with van der Waals surface area (Å²) in [6, 6.07) is 21.0. The van der Waals surface area contributed by atoms with Gasteiger partial charge in [-0.1, -0.05) is 48.0 Å². The number of benzene rings is 3. The molecule has 2 amide bonds. The molecule has 0 radical (unpaired) electrons. The van der Waals surface area contributed by atoms with Crippen molar-refractivity contribution in [2.45, 2.75) is 20.8 Å². The van der Waals surface area contributed by atoms with E-state index in [9.17, 15) is 9.59 Å². The molecule has 0 aliphatic carbocycles. The highest BCUT2D eigenvalue weighted by Gasteiger charge is 2.14. The summed E-state index contributed by atoms with van der Waals surface area (Å²) in [6.45, 7) is 5.56. The fourth-order valence-corrected chi connectivity index (χ4v) is 3.80. The number of carbonyl (C=O) groups excluding carboxylic acids is 2. The van der Waals surface area contributed by atoms with Gasteiger partial charge < -0.3 is 10.3 Å². The van der Waals surface area contributed by atoms with Crippen LogP contribution in [-0.2, 0) is 4.79 Å². The van der Waals surface area contributed by atoms with Gasteiger partial charge in [0.25, 0.3) is 5.91 Å². The number of anilines is 1. The molecule has 32 heavy (non-hydrogen) atoms. The largest absolute Gasteiger partial charge is 0.354 e. The molecule has 1 aromatic heterocycles. The average molecular weight is 425 g/mol. The maximum absolute atomic E-state index is 12.6. The number of nitrogens with zero attached hydrogens (tertiary/aromatic N) is 1. The van der Waals surface area contributed by atoms with Crippen molar-refractivity contribution in [3.63, 3.8) is 0 Å². The molecule has 3 N–H and O–H groups in total. The smallest absolute Gasteiger partial charge is 0.271 e. The van der Waals surface area contributed by atoms with Crippen molar-refractivity contribution in [2.75, 3.05) is 5.32 Å². The lowest BCUT2D eigenvalue weighted by molar-refractivity contribution is -0.114. The van der Waals surface area contributed by atoms with Crippen LogP contribution in [-0.4, -0.2) is 23.0 Å². The maximum atomic E-state index is 12.6. The number of hydrazone groups is 1. The Balaban J connectivity index is 1.66. The fourth-order valence-electron chi connectivity index (χ4n) is 3.80. The quantitative estimate of drug-likeness (QED) is 0.305. The molecule has 0 spiro atoms. The molecule has 0 aliphatic rings. The first-order valence-corrected chi connectivity index (χ1v) is 10.3. The topological polar surface area (TPSA) is 86.3 Å². The number of hydrogen-bond donors (Lipinski definition) is 3. The lowest BCUT2D eigenvalue weighted by Gasteiger charge is -2.05. The number of H-pyrrole nitrogens is 1. The van der Waals surface area contributed by atoms with Crippen LogP contribution in [0.25, 0.3) is 22.2 Å². The van der Waals surface area contributed by atoms with Crippen molar-refractivity contribution >= 4 is 34.6 Å². The van der Waals surface area contributed by atoms with Crippen molar-refractivity contribution in [1.82, 2.24) is 10.4 Å². The van der Waals surface area contributed by atoms with E-state index in [2.05, 4.69) is 46.8 Å². The Hall–Kier alpha value is -4.19. The third kappa shape index (κ3) is 4.44. The Labute approximate surface area is 186 Å². The van der Waals surface area contributed by atoms with Gasteiger partial charge in [-0.2, -0.15) is 5.10 Å². The number of amides is 2. The third-order valence-electron chi connectivity index (χ3n) is 5.16. The molecule has 0 saturated carbocycles. The van der Waals surface area contributed by atoms with Gasteiger partial charge in [0.05, 0.1) is 11.9 Å². The predicted molar refractivity (Wildman–Crippen MR) is 129 cm³/mol. The molecule has 1 heterocycles. The molecule has 6 heteroatoms. The van der Waals surface area contributed by atoms with Gasteiger partial charge in [-0.25, -0.2) is 5.43 Å². The van der Waals surface area contributed by atoms with Crippen molar-refractivity contribution in [1.29, 1.82) is 0 Å². The number of aromatic amines is 1. The van der Waals surface area contributed by atoms with Crippen molar-refractivity contribution in [3.05, 3.63) is 89.0 Å². The Kier molecular flexibility index (Phi) is 5.85. The van der Waals surface area contributed by atoms with E-state index in [4.69, 9.17) is 0 Å². The van der Waals surface area contributed by atoms with E-state index in [1.807, 2.05) is 30.3 Å². The van der Waals surface area contributed by atoms with E-state index in [1.54, 1.807) is 30.5 Å². The zero-order valence-electron chi connectivity index (χ0n) is 18.2. The van der Waals surface area contributed by atoms with Gasteiger partial charge in [0.1, 0.15) is 0 Å². The first-order chi connectivity index (χ1) is 15.4. The molecule has 0 fully saturated rings.